The molecule has 0 aromatic carbocycles. The molecule has 0 aliphatic heterocycles. The average molecular weight is 345 g/mol. The summed E-state index contributed by atoms with van der Waals surface area (Å²) in [7, 11) is 0. The summed E-state index contributed by atoms with van der Waals surface area (Å²) in [6, 6.07) is 0. The lowest BCUT2D eigenvalue weighted by molar-refractivity contribution is -0.122. The highest BCUT2D eigenvalue weighted by molar-refractivity contribution is 9.10. The molecule has 0 saturated carbocycles. The first kappa shape index (κ1) is 16.7. The molecule has 0 unspecified atom stereocenters. The van der Waals surface area contributed by atoms with Crippen molar-refractivity contribution in [3.05, 3.63) is 21.0 Å². The van der Waals surface area contributed by atoms with E-state index in [1.54, 1.807) is 6.20 Å². The van der Waals surface area contributed by atoms with Gasteiger partial charge in [-0.25, -0.2) is 4.68 Å². The van der Waals surface area contributed by atoms with Crippen LogP contribution in [0.25, 0.3) is 0 Å². The zero-order valence-electron chi connectivity index (χ0n) is 12.3. The Kier molecular flexibility index (Phi) is 5.74. The Balaban J connectivity index is 2.57. The second-order valence-corrected chi connectivity index (χ2v) is 6.26. The molecule has 0 spiro atoms. The molecule has 1 aromatic heterocycles. The molecule has 1 rings (SSSR count). The number of hydrogen-bond donors (Lipinski definition) is 2. The topological polar surface area (TPSA) is 76.0 Å². The number of nitrogens with zero attached hydrogens (tertiary/aromatic N) is 2. The fourth-order valence-electron chi connectivity index (χ4n) is 1.61. The van der Waals surface area contributed by atoms with Crippen molar-refractivity contribution in [2.24, 2.45) is 0 Å². The third-order valence-corrected chi connectivity index (χ3v) is 3.23. The van der Waals surface area contributed by atoms with E-state index in [0.29, 0.717) is 29.7 Å². The summed E-state index contributed by atoms with van der Waals surface area (Å²) in [5.41, 5.74) is 0.181. The molecular formula is C13H21BrN4O2. The monoisotopic (exact) mass is 344 g/mol. The van der Waals surface area contributed by atoms with Crippen molar-refractivity contribution in [1.82, 2.24) is 15.1 Å². The quantitative estimate of drug-likeness (QED) is 0.852. The average Bonchev–Trinajstić information content (AvgIpc) is 2.32. The lowest BCUT2D eigenvalue weighted by Gasteiger charge is -2.20. The molecule has 0 radical (unpaired) electrons. The molecule has 0 bridgehead atoms. The van der Waals surface area contributed by atoms with Crippen LogP contribution in [0.5, 0.6) is 0 Å². The molecule has 2 N–H and O–H groups in total. The van der Waals surface area contributed by atoms with Crippen LogP contribution in [0.2, 0.25) is 0 Å². The van der Waals surface area contributed by atoms with Crippen molar-refractivity contribution in [2.45, 2.75) is 46.2 Å². The van der Waals surface area contributed by atoms with Gasteiger partial charge in [0, 0.05) is 25.0 Å². The molecule has 0 atom stereocenters. The Morgan fingerprint density at radius 3 is 2.65 bits per heavy atom. The van der Waals surface area contributed by atoms with E-state index in [2.05, 4.69) is 31.7 Å². The highest BCUT2D eigenvalue weighted by Gasteiger charge is 2.13. The van der Waals surface area contributed by atoms with Crippen molar-refractivity contribution in [3.63, 3.8) is 0 Å². The first-order chi connectivity index (χ1) is 9.24. The number of hydrogen-bond acceptors (Lipinski definition) is 4. The number of halogens is 1. The van der Waals surface area contributed by atoms with Crippen LogP contribution in [0.15, 0.2) is 15.5 Å². The van der Waals surface area contributed by atoms with E-state index in [1.807, 2.05) is 27.7 Å². The van der Waals surface area contributed by atoms with Crippen molar-refractivity contribution in [3.8, 4) is 0 Å². The van der Waals surface area contributed by atoms with Crippen LogP contribution in [0, 0.1) is 0 Å². The Labute approximate surface area is 127 Å². The first-order valence-electron chi connectivity index (χ1n) is 6.55. The molecule has 0 aliphatic carbocycles. The van der Waals surface area contributed by atoms with Gasteiger partial charge in [0.05, 0.1) is 11.9 Å². The van der Waals surface area contributed by atoms with Crippen LogP contribution in [0.4, 0.5) is 5.69 Å². The number of carbonyl (C=O) groups is 1. The molecule has 0 fully saturated rings. The van der Waals surface area contributed by atoms with Gasteiger partial charge >= 0.3 is 0 Å². The highest BCUT2D eigenvalue weighted by Crippen LogP contribution is 2.15. The fraction of sp³-hybridized carbons (Fsp3) is 0.615. The molecule has 0 aliphatic rings. The summed E-state index contributed by atoms with van der Waals surface area (Å²) in [6.07, 6.45) is 1.91. The lowest BCUT2D eigenvalue weighted by atomic mass is 10.1. The van der Waals surface area contributed by atoms with Gasteiger partial charge in [-0.3, -0.25) is 9.59 Å². The molecule has 1 heterocycles. The molecule has 1 amide bonds. The zero-order chi connectivity index (χ0) is 15.3. The van der Waals surface area contributed by atoms with Gasteiger partial charge in [0.15, 0.2) is 0 Å². The van der Waals surface area contributed by atoms with Gasteiger partial charge in [-0.1, -0.05) is 0 Å². The van der Waals surface area contributed by atoms with Gasteiger partial charge in [-0.05, 0) is 43.6 Å². The zero-order valence-corrected chi connectivity index (χ0v) is 13.9. The van der Waals surface area contributed by atoms with Crippen LogP contribution in [-0.2, 0) is 11.3 Å². The number of carbonyl (C=O) groups excluding carboxylic acids is 1. The van der Waals surface area contributed by atoms with Gasteiger partial charge in [-0.2, -0.15) is 5.10 Å². The Bertz CT molecular complexity index is 534. The summed E-state index contributed by atoms with van der Waals surface area (Å²) < 4.78 is 1.80. The van der Waals surface area contributed by atoms with Crippen molar-refractivity contribution in [1.29, 1.82) is 0 Å². The number of rotatable bonds is 5. The third-order valence-electron chi connectivity index (χ3n) is 2.47. The second-order valence-electron chi connectivity index (χ2n) is 5.47. The van der Waals surface area contributed by atoms with Gasteiger partial charge in [0.2, 0.25) is 5.91 Å². The van der Waals surface area contributed by atoms with E-state index in [1.165, 1.54) is 4.68 Å². The second kappa shape index (κ2) is 6.88. The van der Waals surface area contributed by atoms with Crippen LogP contribution in [0.3, 0.4) is 0 Å². The highest BCUT2D eigenvalue weighted by atomic mass is 79.9. The molecule has 1 aromatic rings. The van der Waals surface area contributed by atoms with E-state index in [4.69, 9.17) is 0 Å². The smallest absolute Gasteiger partial charge is 0.283 e. The van der Waals surface area contributed by atoms with Crippen LogP contribution in [-0.4, -0.2) is 27.8 Å². The lowest BCUT2D eigenvalue weighted by Crippen LogP contribution is -2.41. The van der Waals surface area contributed by atoms with Crippen LogP contribution in [0.1, 0.15) is 34.1 Å². The maximum absolute atomic E-state index is 11.8. The summed E-state index contributed by atoms with van der Waals surface area (Å²) in [6.45, 7) is 8.62. The summed E-state index contributed by atoms with van der Waals surface area (Å²) in [5.74, 6) is -0.0315. The first-order valence-corrected chi connectivity index (χ1v) is 7.34. The number of aryl methyl sites for hydroxylation is 1. The normalized spacial score (nSPS) is 11.2. The maximum atomic E-state index is 11.8. The summed E-state index contributed by atoms with van der Waals surface area (Å²) >= 11 is 3.25. The Hall–Kier alpha value is -1.37. The predicted molar refractivity (Wildman–Crippen MR) is 82.9 cm³/mol. The maximum Gasteiger partial charge on any atom is 0.283 e. The van der Waals surface area contributed by atoms with Gasteiger partial charge in [-0.15, -0.1) is 0 Å². The summed E-state index contributed by atoms with van der Waals surface area (Å²) in [4.78, 5) is 23.5. The molecule has 112 valence electrons. The minimum Gasteiger partial charge on any atom is -0.382 e. The number of anilines is 1. The SMILES string of the molecule is CCn1ncc(NCCC(=O)NC(C)(C)C)c(Br)c1=O. The minimum atomic E-state index is -0.235. The molecular weight excluding hydrogens is 324 g/mol. The van der Waals surface area contributed by atoms with Gasteiger partial charge < -0.3 is 10.6 Å². The third kappa shape index (κ3) is 4.96. The van der Waals surface area contributed by atoms with E-state index in [9.17, 15) is 9.59 Å². The van der Waals surface area contributed by atoms with E-state index < -0.39 is 0 Å². The number of aromatic nitrogens is 2. The largest absolute Gasteiger partial charge is 0.382 e. The summed E-state index contributed by atoms with van der Waals surface area (Å²) in [5, 5.41) is 9.94. The van der Waals surface area contributed by atoms with E-state index in [-0.39, 0.29) is 17.0 Å². The predicted octanol–water partition coefficient (Wildman–Crippen LogP) is 1.74. The Morgan fingerprint density at radius 2 is 2.10 bits per heavy atom. The van der Waals surface area contributed by atoms with Crippen LogP contribution < -0.4 is 16.2 Å². The van der Waals surface area contributed by atoms with E-state index in [0.717, 1.165) is 0 Å². The minimum absolute atomic E-state index is 0.0315. The number of nitrogens with one attached hydrogen (secondary N) is 2. The fourth-order valence-corrected chi connectivity index (χ4v) is 2.05. The molecule has 6 nitrogen and oxygen atoms in total. The van der Waals surface area contributed by atoms with Crippen molar-refractivity contribution >= 4 is 27.5 Å². The van der Waals surface area contributed by atoms with Crippen LogP contribution >= 0.6 is 15.9 Å². The van der Waals surface area contributed by atoms with Crippen molar-refractivity contribution in [2.75, 3.05) is 11.9 Å². The Morgan fingerprint density at radius 1 is 1.45 bits per heavy atom. The number of amides is 1. The molecule has 7 heteroatoms. The molecule has 20 heavy (non-hydrogen) atoms. The molecule has 0 saturated heterocycles. The van der Waals surface area contributed by atoms with E-state index >= 15 is 0 Å². The van der Waals surface area contributed by atoms with Gasteiger partial charge in [0.1, 0.15) is 4.47 Å². The van der Waals surface area contributed by atoms with Gasteiger partial charge in [0.25, 0.3) is 5.56 Å². The van der Waals surface area contributed by atoms with Crippen molar-refractivity contribution < 1.29 is 4.79 Å². The standard InChI is InChI=1S/C13H21BrN4O2/c1-5-18-12(20)11(14)9(8-16-18)15-7-6-10(19)17-13(2,3)4/h8,15H,5-7H2,1-4H3,(H,17,19).